The minimum absolute atomic E-state index is 0.270. The maximum absolute atomic E-state index is 12.6. The van der Waals surface area contributed by atoms with Crippen molar-refractivity contribution in [1.29, 1.82) is 0 Å². The Bertz CT molecular complexity index is 263. The molecule has 66 valence electrons. The van der Waals surface area contributed by atoms with Gasteiger partial charge < -0.3 is 5.73 Å². The Morgan fingerprint density at radius 1 is 1.50 bits per heavy atom. The Morgan fingerprint density at radius 2 is 2.25 bits per heavy atom. The molecule has 0 aliphatic rings. The first-order valence-corrected chi connectivity index (χ1v) is 4.90. The van der Waals surface area contributed by atoms with Gasteiger partial charge in [0.15, 0.2) is 0 Å². The first-order valence-electron chi connectivity index (χ1n) is 3.92. The second kappa shape index (κ2) is 4.36. The standard InChI is InChI=1S/C9H12FNS/c1-2-5-12-9-4-3-7(10)6-8(9)11/h3-4,6H,2,5,11H2,1H3. The minimum atomic E-state index is -0.270. The highest BCUT2D eigenvalue weighted by molar-refractivity contribution is 7.99. The van der Waals surface area contributed by atoms with Gasteiger partial charge in [0, 0.05) is 10.6 Å². The molecule has 1 aromatic carbocycles. The fraction of sp³-hybridized carbons (Fsp3) is 0.333. The molecule has 0 radical (unpaired) electrons. The number of rotatable bonds is 3. The van der Waals surface area contributed by atoms with Crippen molar-refractivity contribution >= 4 is 17.4 Å². The summed E-state index contributed by atoms with van der Waals surface area (Å²) >= 11 is 1.66. The van der Waals surface area contributed by atoms with Crippen molar-refractivity contribution in [3.63, 3.8) is 0 Å². The highest BCUT2D eigenvalue weighted by atomic mass is 32.2. The zero-order valence-electron chi connectivity index (χ0n) is 7.01. The molecule has 3 heteroatoms. The highest BCUT2D eigenvalue weighted by Gasteiger charge is 1.99. The van der Waals surface area contributed by atoms with Crippen LogP contribution in [0.2, 0.25) is 0 Å². The summed E-state index contributed by atoms with van der Waals surface area (Å²) in [6, 6.07) is 4.53. The van der Waals surface area contributed by atoms with Crippen molar-refractivity contribution in [3.8, 4) is 0 Å². The highest BCUT2D eigenvalue weighted by Crippen LogP contribution is 2.25. The van der Waals surface area contributed by atoms with Gasteiger partial charge in [-0.15, -0.1) is 11.8 Å². The summed E-state index contributed by atoms with van der Waals surface area (Å²) in [6.07, 6.45) is 1.10. The SMILES string of the molecule is CCCSc1ccc(F)cc1N. The number of halogens is 1. The number of nitrogen functional groups attached to an aromatic ring is 1. The molecule has 0 fully saturated rings. The van der Waals surface area contributed by atoms with E-state index in [1.165, 1.54) is 12.1 Å². The Balaban J connectivity index is 2.72. The lowest BCUT2D eigenvalue weighted by Crippen LogP contribution is -1.90. The molecule has 0 unspecified atom stereocenters. The predicted octanol–water partition coefficient (Wildman–Crippen LogP) is 2.91. The van der Waals surface area contributed by atoms with Crippen LogP contribution in [0.1, 0.15) is 13.3 Å². The maximum atomic E-state index is 12.6. The molecule has 1 nitrogen and oxygen atoms in total. The van der Waals surface area contributed by atoms with E-state index in [9.17, 15) is 4.39 Å². The molecular formula is C9H12FNS. The average Bonchev–Trinajstić information content (AvgIpc) is 2.03. The number of nitrogens with two attached hydrogens (primary N) is 1. The zero-order valence-corrected chi connectivity index (χ0v) is 7.83. The van der Waals surface area contributed by atoms with Crippen LogP contribution in [0.25, 0.3) is 0 Å². The molecular weight excluding hydrogens is 173 g/mol. The van der Waals surface area contributed by atoms with Crippen LogP contribution in [0, 0.1) is 5.82 Å². The average molecular weight is 185 g/mol. The lowest BCUT2D eigenvalue weighted by molar-refractivity contribution is 0.627. The summed E-state index contributed by atoms with van der Waals surface area (Å²) in [7, 11) is 0. The normalized spacial score (nSPS) is 10.2. The van der Waals surface area contributed by atoms with Gasteiger partial charge >= 0.3 is 0 Å². The lowest BCUT2D eigenvalue weighted by Gasteiger charge is -2.03. The molecule has 2 N–H and O–H groups in total. The van der Waals surface area contributed by atoms with Gasteiger partial charge in [-0.2, -0.15) is 0 Å². The predicted molar refractivity (Wildman–Crippen MR) is 51.8 cm³/mol. The minimum Gasteiger partial charge on any atom is -0.398 e. The van der Waals surface area contributed by atoms with Gasteiger partial charge in [-0.1, -0.05) is 6.92 Å². The molecule has 1 rings (SSSR count). The van der Waals surface area contributed by atoms with Crippen LogP contribution in [0.15, 0.2) is 23.1 Å². The second-order valence-electron chi connectivity index (χ2n) is 2.53. The Kier molecular flexibility index (Phi) is 3.41. The van der Waals surface area contributed by atoms with Crippen LogP contribution in [0.5, 0.6) is 0 Å². The van der Waals surface area contributed by atoms with Gasteiger partial charge in [-0.25, -0.2) is 4.39 Å². The number of hydrogen-bond acceptors (Lipinski definition) is 2. The molecule has 0 aliphatic heterocycles. The van der Waals surface area contributed by atoms with E-state index in [2.05, 4.69) is 6.92 Å². The Labute approximate surface area is 76.2 Å². The molecule has 0 heterocycles. The van der Waals surface area contributed by atoms with Gasteiger partial charge in [-0.05, 0) is 30.4 Å². The van der Waals surface area contributed by atoms with Crippen molar-refractivity contribution in [1.82, 2.24) is 0 Å². The van der Waals surface area contributed by atoms with Gasteiger partial charge in [0.25, 0.3) is 0 Å². The van der Waals surface area contributed by atoms with Gasteiger partial charge in [0.2, 0.25) is 0 Å². The van der Waals surface area contributed by atoms with Crippen LogP contribution in [0.3, 0.4) is 0 Å². The van der Waals surface area contributed by atoms with Gasteiger partial charge in [-0.3, -0.25) is 0 Å². The summed E-state index contributed by atoms with van der Waals surface area (Å²) in [6.45, 7) is 2.10. The van der Waals surface area contributed by atoms with E-state index in [4.69, 9.17) is 5.73 Å². The van der Waals surface area contributed by atoms with Crippen molar-refractivity contribution in [2.45, 2.75) is 18.2 Å². The Morgan fingerprint density at radius 3 is 2.83 bits per heavy atom. The van der Waals surface area contributed by atoms with E-state index >= 15 is 0 Å². The molecule has 0 saturated carbocycles. The third-order valence-electron chi connectivity index (χ3n) is 1.43. The van der Waals surface area contributed by atoms with E-state index in [0.29, 0.717) is 5.69 Å². The molecule has 1 aromatic rings. The molecule has 12 heavy (non-hydrogen) atoms. The number of benzene rings is 1. The summed E-state index contributed by atoms with van der Waals surface area (Å²) in [5.41, 5.74) is 6.14. The van der Waals surface area contributed by atoms with E-state index in [0.717, 1.165) is 17.1 Å². The van der Waals surface area contributed by atoms with E-state index in [1.807, 2.05) is 0 Å². The fourth-order valence-electron chi connectivity index (χ4n) is 0.863. The smallest absolute Gasteiger partial charge is 0.125 e. The van der Waals surface area contributed by atoms with Crippen molar-refractivity contribution in [2.75, 3.05) is 11.5 Å². The summed E-state index contributed by atoms with van der Waals surface area (Å²) in [4.78, 5) is 0.971. The van der Waals surface area contributed by atoms with E-state index in [-0.39, 0.29) is 5.82 Å². The lowest BCUT2D eigenvalue weighted by atomic mass is 10.3. The molecule has 0 atom stereocenters. The quantitative estimate of drug-likeness (QED) is 0.578. The van der Waals surface area contributed by atoms with Crippen molar-refractivity contribution in [3.05, 3.63) is 24.0 Å². The Hall–Kier alpha value is -0.700. The van der Waals surface area contributed by atoms with Crippen LogP contribution < -0.4 is 5.73 Å². The van der Waals surface area contributed by atoms with E-state index in [1.54, 1.807) is 17.8 Å². The van der Waals surface area contributed by atoms with Gasteiger partial charge in [0.1, 0.15) is 5.82 Å². The number of thioether (sulfide) groups is 1. The number of anilines is 1. The van der Waals surface area contributed by atoms with Crippen LogP contribution in [-0.2, 0) is 0 Å². The van der Waals surface area contributed by atoms with Crippen molar-refractivity contribution in [2.24, 2.45) is 0 Å². The monoisotopic (exact) mass is 185 g/mol. The van der Waals surface area contributed by atoms with Crippen molar-refractivity contribution < 1.29 is 4.39 Å². The third kappa shape index (κ3) is 2.41. The second-order valence-corrected chi connectivity index (χ2v) is 3.67. The summed E-state index contributed by atoms with van der Waals surface area (Å²) in [5, 5.41) is 0. The molecule has 0 amide bonds. The van der Waals surface area contributed by atoms with Crippen LogP contribution in [-0.4, -0.2) is 5.75 Å². The summed E-state index contributed by atoms with van der Waals surface area (Å²) < 4.78 is 12.6. The molecule has 0 saturated heterocycles. The first-order chi connectivity index (χ1) is 5.74. The molecule has 0 aromatic heterocycles. The third-order valence-corrected chi connectivity index (χ3v) is 2.73. The number of hydrogen-bond donors (Lipinski definition) is 1. The van der Waals surface area contributed by atoms with Crippen LogP contribution in [0.4, 0.5) is 10.1 Å². The first kappa shape index (κ1) is 9.39. The molecule has 0 aliphatic carbocycles. The zero-order chi connectivity index (χ0) is 8.97. The summed E-state index contributed by atoms with van der Waals surface area (Å²) in [5.74, 6) is 0.754. The fourth-order valence-corrected chi connectivity index (χ4v) is 1.68. The molecule has 0 bridgehead atoms. The molecule has 0 spiro atoms. The van der Waals surface area contributed by atoms with E-state index < -0.39 is 0 Å². The topological polar surface area (TPSA) is 26.0 Å². The largest absolute Gasteiger partial charge is 0.398 e. The van der Waals surface area contributed by atoms with Crippen LogP contribution >= 0.6 is 11.8 Å². The van der Waals surface area contributed by atoms with Gasteiger partial charge in [0.05, 0.1) is 0 Å². The maximum Gasteiger partial charge on any atom is 0.125 e.